The Morgan fingerprint density at radius 1 is 1.36 bits per heavy atom. The molecule has 0 bridgehead atoms. The number of hydrogen-bond acceptors (Lipinski definition) is 7. The minimum absolute atomic E-state index is 0.0404. The summed E-state index contributed by atoms with van der Waals surface area (Å²) in [7, 11) is 0. The summed E-state index contributed by atoms with van der Waals surface area (Å²) < 4.78 is 0.707. The van der Waals surface area contributed by atoms with Crippen molar-refractivity contribution in [1.29, 1.82) is 0 Å². The lowest BCUT2D eigenvalue weighted by Gasteiger charge is -2.47. The topological polar surface area (TPSA) is 92.3 Å². The van der Waals surface area contributed by atoms with Gasteiger partial charge in [0.25, 0.3) is 5.91 Å². The molecule has 0 atom stereocenters. The van der Waals surface area contributed by atoms with Gasteiger partial charge in [0.05, 0.1) is 5.75 Å². The molecular formula is C13H16N4O3S2. The van der Waals surface area contributed by atoms with Crippen LogP contribution in [0.15, 0.2) is 9.85 Å². The van der Waals surface area contributed by atoms with Gasteiger partial charge in [-0.1, -0.05) is 42.4 Å². The van der Waals surface area contributed by atoms with Crippen LogP contribution in [0.4, 0.5) is 0 Å². The highest BCUT2D eigenvalue weighted by Gasteiger charge is 2.50. The fourth-order valence-electron chi connectivity index (χ4n) is 3.09. The van der Waals surface area contributed by atoms with E-state index < -0.39 is 11.4 Å². The Balaban J connectivity index is 1.76. The van der Waals surface area contributed by atoms with Gasteiger partial charge in [0.2, 0.25) is 11.8 Å². The number of imide groups is 1. The molecule has 0 unspecified atom stereocenters. The van der Waals surface area contributed by atoms with E-state index in [2.05, 4.69) is 15.5 Å². The van der Waals surface area contributed by atoms with Crippen LogP contribution in [0, 0.1) is 0 Å². The first-order valence-corrected chi connectivity index (χ1v) is 9.02. The third kappa shape index (κ3) is 2.87. The van der Waals surface area contributed by atoms with Crippen molar-refractivity contribution in [1.82, 2.24) is 20.4 Å². The van der Waals surface area contributed by atoms with E-state index >= 15 is 0 Å². The molecule has 3 amide bonds. The number of hydrogen-bond donors (Lipinski definition) is 1. The number of carbonyl (C=O) groups is 3. The molecule has 0 aromatic carbocycles. The highest BCUT2D eigenvalue weighted by atomic mass is 32.2. The van der Waals surface area contributed by atoms with Crippen molar-refractivity contribution in [2.24, 2.45) is 0 Å². The molecule has 9 heteroatoms. The van der Waals surface area contributed by atoms with E-state index in [1.165, 1.54) is 28.0 Å². The Morgan fingerprint density at radius 2 is 2.14 bits per heavy atom. The molecule has 1 N–H and O–H groups in total. The Bertz CT molecular complexity index is 584. The number of nitrogens with zero attached hydrogens (tertiary/aromatic N) is 3. The van der Waals surface area contributed by atoms with E-state index in [4.69, 9.17) is 0 Å². The van der Waals surface area contributed by atoms with Crippen molar-refractivity contribution in [3.05, 3.63) is 5.51 Å². The molecular weight excluding hydrogens is 324 g/mol. The average Bonchev–Trinajstić information content (AvgIpc) is 3.03. The zero-order valence-corrected chi connectivity index (χ0v) is 13.5. The van der Waals surface area contributed by atoms with Crippen molar-refractivity contribution in [3.8, 4) is 0 Å². The fourth-order valence-corrected chi connectivity index (χ4v) is 4.45. The lowest BCUT2D eigenvalue weighted by molar-refractivity contribution is -0.158. The number of aromatic nitrogens is 2. The zero-order chi connectivity index (χ0) is 15.6. The van der Waals surface area contributed by atoms with Crippen molar-refractivity contribution in [2.75, 3.05) is 12.3 Å². The predicted octanol–water partition coefficient (Wildman–Crippen LogP) is 0.818. The Morgan fingerprint density at radius 3 is 2.82 bits per heavy atom. The molecule has 7 nitrogen and oxygen atoms in total. The second kappa shape index (κ2) is 6.33. The van der Waals surface area contributed by atoms with Gasteiger partial charge in [0.15, 0.2) is 4.34 Å². The van der Waals surface area contributed by atoms with E-state index in [1.54, 1.807) is 5.51 Å². The van der Waals surface area contributed by atoms with Crippen LogP contribution in [0.2, 0.25) is 0 Å². The van der Waals surface area contributed by atoms with Crippen LogP contribution in [-0.4, -0.2) is 50.7 Å². The summed E-state index contributed by atoms with van der Waals surface area (Å²) in [5.41, 5.74) is 0.762. The lowest BCUT2D eigenvalue weighted by Crippen LogP contribution is -2.69. The summed E-state index contributed by atoms with van der Waals surface area (Å²) >= 11 is 2.65. The van der Waals surface area contributed by atoms with Gasteiger partial charge in [-0.3, -0.25) is 19.7 Å². The first kappa shape index (κ1) is 15.4. The van der Waals surface area contributed by atoms with E-state index in [1.807, 2.05) is 0 Å². The van der Waals surface area contributed by atoms with Gasteiger partial charge in [0.1, 0.15) is 17.6 Å². The Hall–Kier alpha value is -1.48. The average molecular weight is 340 g/mol. The Labute approximate surface area is 135 Å². The van der Waals surface area contributed by atoms with Crippen LogP contribution >= 0.6 is 23.1 Å². The fraction of sp³-hybridized carbons (Fsp3) is 0.615. The molecule has 1 aliphatic carbocycles. The van der Waals surface area contributed by atoms with Crippen LogP contribution in [0.25, 0.3) is 0 Å². The number of piperazine rings is 1. The largest absolute Gasteiger partial charge is 0.318 e. The third-order valence-electron chi connectivity index (χ3n) is 4.13. The van der Waals surface area contributed by atoms with E-state index in [9.17, 15) is 14.4 Å². The second-order valence-electron chi connectivity index (χ2n) is 5.44. The molecule has 1 saturated carbocycles. The standard InChI is InChI=1S/C13H16N4O3S2/c18-9-6-17(10(19)7-21-12-16-14-8-22-12)13(11(20)15-9)4-2-1-3-5-13/h8H,1-7H2,(H,15,18,20). The summed E-state index contributed by atoms with van der Waals surface area (Å²) in [6, 6.07) is 0. The van der Waals surface area contributed by atoms with Crippen LogP contribution in [-0.2, 0) is 14.4 Å². The zero-order valence-electron chi connectivity index (χ0n) is 11.9. The maximum Gasteiger partial charge on any atom is 0.252 e. The first-order valence-electron chi connectivity index (χ1n) is 7.15. The highest BCUT2D eigenvalue weighted by Crippen LogP contribution is 2.36. The highest BCUT2D eigenvalue weighted by molar-refractivity contribution is 8.01. The smallest absolute Gasteiger partial charge is 0.252 e. The Kier molecular flexibility index (Phi) is 4.44. The molecule has 2 heterocycles. The first-order chi connectivity index (χ1) is 10.6. The molecule has 1 aliphatic heterocycles. The van der Waals surface area contributed by atoms with Gasteiger partial charge < -0.3 is 4.90 Å². The number of rotatable bonds is 3. The molecule has 1 aromatic rings. The molecule has 2 fully saturated rings. The maximum absolute atomic E-state index is 12.6. The second-order valence-corrected chi connectivity index (χ2v) is 7.50. The van der Waals surface area contributed by atoms with E-state index in [0.29, 0.717) is 17.2 Å². The lowest BCUT2D eigenvalue weighted by atomic mass is 9.78. The number of carbonyl (C=O) groups excluding carboxylic acids is 3. The molecule has 2 aliphatic rings. The summed E-state index contributed by atoms with van der Waals surface area (Å²) in [4.78, 5) is 38.1. The number of nitrogens with one attached hydrogen (secondary N) is 1. The van der Waals surface area contributed by atoms with Crippen LogP contribution in [0.3, 0.4) is 0 Å². The van der Waals surface area contributed by atoms with Gasteiger partial charge >= 0.3 is 0 Å². The third-order valence-corrected chi connectivity index (χ3v) is 5.98. The molecule has 1 aromatic heterocycles. The summed E-state index contributed by atoms with van der Waals surface area (Å²) in [5, 5.41) is 10.0. The van der Waals surface area contributed by atoms with Crippen molar-refractivity contribution < 1.29 is 14.4 Å². The molecule has 0 radical (unpaired) electrons. The summed E-state index contributed by atoms with van der Waals surface area (Å²) in [6.45, 7) is -0.0404. The van der Waals surface area contributed by atoms with Gasteiger partial charge in [-0.05, 0) is 12.8 Å². The van der Waals surface area contributed by atoms with Crippen molar-refractivity contribution in [3.63, 3.8) is 0 Å². The number of amides is 3. The quantitative estimate of drug-likeness (QED) is 0.647. The van der Waals surface area contributed by atoms with Crippen molar-refractivity contribution in [2.45, 2.75) is 42.0 Å². The molecule has 22 heavy (non-hydrogen) atoms. The van der Waals surface area contributed by atoms with Crippen LogP contribution < -0.4 is 5.32 Å². The number of thioether (sulfide) groups is 1. The van der Waals surface area contributed by atoms with Crippen molar-refractivity contribution >= 4 is 40.8 Å². The minimum atomic E-state index is -0.842. The summed E-state index contributed by atoms with van der Waals surface area (Å²) in [6.07, 6.45) is 4.11. The SMILES string of the molecule is O=C1CN(C(=O)CSc2nncs2)C2(CCCCC2)C(=O)N1. The van der Waals surface area contributed by atoms with Gasteiger partial charge in [-0.25, -0.2) is 0 Å². The summed E-state index contributed by atoms with van der Waals surface area (Å²) in [5.74, 6) is -0.754. The monoisotopic (exact) mass is 340 g/mol. The predicted molar refractivity (Wildman–Crippen MR) is 81.3 cm³/mol. The van der Waals surface area contributed by atoms with E-state index in [-0.39, 0.29) is 24.1 Å². The van der Waals surface area contributed by atoms with Crippen LogP contribution in [0.5, 0.6) is 0 Å². The minimum Gasteiger partial charge on any atom is -0.318 e. The van der Waals surface area contributed by atoms with Gasteiger partial charge in [0, 0.05) is 0 Å². The van der Waals surface area contributed by atoms with Crippen LogP contribution in [0.1, 0.15) is 32.1 Å². The molecule has 118 valence electrons. The van der Waals surface area contributed by atoms with E-state index in [0.717, 1.165) is 19.3 Å². The molecule has 3 rings (SSSR count). The maximum atomic E-state index is 12.6. The van der Waals surface area contributed by atoms with Gasteiger partial charge in [-0.2, -0.15) is 0 Å². The van der Waals surface area contributed by atoms with Gasteiger partial charge in [-0.15, -0.1) is 10.2 Å². The molecule has 1 spiro atoms. The normalized spacial score (nSPS) is 21.0. The molecule has 1 saturated heterocycles.